The summed E-state index contributed by atoms with van der Waals surface area (Å²) in [5, 5.41) is 1.01. The van der Waals surface area contributed by atoms with Crippen molar-refractivity contribution in [2.45, 2.75) is 13.5 Å². The molecule has 2 aromatic carbocycles. The Balaban J connectivity index is 2.06. The summed E-state index contributed by atoms with van der Waals surface area (Å²) in [5.74, 6) is 0.386. The second-order valence-electron chi connectivity index (χ2n) is 3.95. The highest BCUT2D eigenvalue weighted by Gasteiger charge is 2.02. The van der Waals surface area contributed by atoms with Gasteiger partial charge in [-0.3, -0.25) is 0 Å². The van der Waals surface area contributed by atoms with Crippen molar-refractivity contribution in [3.05, 3.63) is 63.4 Å². The Bertz CT molecular complexity index is 518. The van der Waals surface area contributed by atoms with Gasteiger partial charge in [-0.05, 0) is 48.4 Å². The molecule has 0 aliphatic carbocycles. The van der Waals surface area contributed by atoms with Gasteiger partial charge in [0.1, 0.15) is 18.2 Å². The zero-order valence-corrected chi connectivity index (χ0v) is 11.2. The van der Waals surface area contributed by atoms with Crippen molar-refractivity contribution in [2.24, 2.45) is 0 Å². The van der Waals surface area contributed by atoms with Crippen LogP contribution in [0.4, 0.5) is 4.39 Å². The highest BCUT2D eigenvalue weighted by Crippen LogP contribution is 2.23. The van der Waals surface area contributed by atoms with Crippen LogP contribution in [0.25, 0.3) is 0 Å². The van der Waals surface area contributed by atoms with Crippen molar-refractivity contribution in [1.82, 2.24) is 0 Å². The normalized spacial score (nSPS) is 10.4. The Morgan fingerprint density at radius 3 is 2.50 bits per heavy atom. The lowest BCUT2D eigenvalue weighted by molar-refractivity contribution is 0.305. The molecule has 0 N–H and O–H groups in total. The molecular formula is C14H11Cl2FO. The molecule has 1 nitrogen and oxygen atoms in total. The molecule has 0 unspecified atom stereocenters. The minimum Gasteiger partial charge on any atom is -0.489 e. The van der Waals surface area contributed by atoms with E-state index < -0.39 is 0 Å². The summed E-state index contributed by atoms with van der Waals surface area (Å²) < 4.78 is 18.6. The Morgan fingerprint density at radius 2 is 1.83 bits per heavy atom. The van der Waals surface area contributed by atoms with Gasteiger partial charge in [0.05, 0.1) is 10.0 Å². The number of hydrogen-bond donors (Lipinski definition) is 0. The van der Waals surface area contributed by atoms with Crippen molar-refractivity contribution in [1.29, 1.82) is 0 Å². The molecule has 0 atom stereocenters. The molecule has 0 bridgehead atoms. The topological polar surface area (TPSA) is 9.23 Å². The fourth-order valence-electron chi connectivity index (χ4n) is 1.50. The summed E-state index contributed by atoms with van der Waals surface area (Å²) in [6.07, 6.45) is 0. The van der Waals surface area contributed by atoms with Crippen LogP contribution in [0.3, 0.4) is 0 Å². The van der Waals surface area contributed by atoms with Gasteiger partial charge in [-0.15, -0.1) is 0 Å². The van der Waals surface area contributed by atoms with Crippen molar-refractivity contribution < 1.29 is 9.13 Å². The molecule has 0 radical (unpaired) electrons. The molecule has 0 heterocycles. The second kappa shape index (κ2) is 5.59. The first-order chi connectivity index (χ1) is 8.56. The minimum atomic E-state index is -0.239. The molecule has 94 valence electrons. The number of benzene rings is 2. The second-order valence-corrected chi connectivity index (χ2v) is 4.76. The van der Waals surface area contributed by atoms with E-state index in [1.165, 1.54) is 6.07 Å². The predicted molar refractivity (Wildman–Crippen MR) is 71.9 cm³/mol. The summed E-state index contributed by atoms with van der Waals surface area (Å²) in [6, 6.07) is 9.95. The van der Waals surface area contributed by atoms with Crippen molar-refractivity contribution in [3.63, 3.8) is 0 Å². The van der Waals surface area contributed by atoms with Gasteiger partial charge in [0, 0.05) is 0 Å². The summed E-state index contributed by atoms with van der Waals surface area (Å²) >= 11 is 11.7. The molecule has 0 aromatic heterocycles. The lowest BCUT2D eigenvalue weighted by atomic mass is 10.2. The van der Waals surface area contributed by atoms with E-state index in [0.717, 1.165) is 5.56 Å². The van der Waals surface area contributed by atoms with E-state index in [4.69, 9.17) is 27.9 Å². The van der Waals surface area contributed by atoms with Crippen LogP contribution in [0.5, 0.6) is 5.75 Å². The molecule has 2 aromatic rings. The van der Waals surface area contributed by atoms with Crippen LogP contribution in [0.1, 0.15) is 11.1 Å². The summed E-state index contributed by atoms with van der Waals surface area (Å²) in [6.45, 7) is 2.06. The quantitative estimate of drug-likeness (QED) is 0.769. The average molecular weight is 285 g/mol. The molecule has 4 heteroatoms. The average Bonchev–Trinajstić information content (AvgIpc) is 2.35. The number of hydrogen-bond acceptors (Lipinski definition) is 1. The highest BCUT2D eigenvalue weighted by atomic mass is 35.5. The monoisotopic (exact) mass is 284 g/mol. The third-order valence-electron chi connectivity index (χ3n) is 2.52. The van der Waals surface area contributed by atoms with Crippen LogP contribution in [0, 0.1) is 12.7 Å². The predicted octanol–water partition coefficient (Wildman–Crippen LogP) is 5.02. The molecule has 18 heavy (non-hydrogen) atoms. The highest BCUT2D eigenvalue weighted by molar-refractivity contribution is 6.42. The van der Waals surface area contributed by atoms with E-state index in [2.05, 4.69) is 0 Å². The fourth-order valence-corrected chi connectivity index (χ4v) is 1.82. The van der Waals surface area contributed by atoms with Crippen LogP contribution in [-0.4, -0.2) is 0 Å². The zero-order chi connectivity index (χ0) is 13.1. The smallest absolute Gasteiger partial charge is 0.126 e. The van der Waals surface area contributed by atoms with Crippen molar-refractivity contribution in [2.75, 3.05) is 0 Å². The molecule has 2 rings (SSSR count). The van der Waals surface area contributed by atoms with Crippen LogP contribution in [0.2, 0.25) is 10.0 Å². The Hall–Kier alpha value is -1.25. The van der Waals surface area contributed by atoms with E-state index in [1.807, 2.05) is 6.07 Å². The molecule has 0 spiro atoms. The molecule has 0 saturated carbocycles. The number of aryl methyl sites for hydroxylation is 1. The summed E-state index contributed by atoms with van der Waals surface area (Å²) in [4.78, 5) is 0. The zero-order valence-electron chi connectivity index (χ0n) is 9.71. The third kappa shape index (κ3) is 3.15. The standard InChI is InChI=1S/C14H11Cl2FO/c1-9-6-11(3-5-14(9)17)18-8-10-2-4-12(15)13(16)7-10/h2-7H,8H2,1H3. The van der Waals surface area contributed by atoms with Crippen LogP contribution < -0.4 is 4.74 Å². The number of rotatable bonds is 3. The molecule has 0 aliphatic heterocycles. The van der Waals surface area contributed by atoms with E-state index in [-0.39, 0.29) is 5.82 Å². The molecule has 0 amide bonds. The van der Waals surface area contributed by atoms with Gasteiger partial charge in [0.15, 0.2) is 0 Å². The van der Waals surface area contributed by atoms with Crippen LogP contribution >= 0.6 is 23.2 Å². The van der Waals surface area contributed by atoms with Crippen molar-refractivity contribution in [3.8, 4) is 5.75 Å². The van der Waals surface area contributed by atoms with E-state index in [1.54, 1.807) is 31.2 Å². The minimum absolute atomic E-state index is 0.239. The van der Waals surface area contributed by atoms with Gasteiger partial charge in [0.25, 0.3) is 0 Å². The van der Waals surface area contributed by atoms with Gasteiger partial charge in [-0.25, -0.2) is 4.39 Å². The molecule has 0 fully saturated rings. The third-order valence-corrected chi connectivity index (χ3v) is 3.26. The van der Waals surface area contributed by atoms with Gasteiger partial charge in [-0.2, -0.15) is 0 Å². The lowest BCUT2D eigenvalue weighted by Gasteiger charge is -2.08. The van der Waals surface area contributed by atoms with E-state index in [0.29, 0.717) is 28.0 Å². The maximum absolute atomic E-state index is 13.1. The van der Waals surface area contributed by atoms with Gasteiger partial charge >= 0.3 is 0 Å². The number of ether oxygens (including phenoxy) is 1. The Morgan fingerprint density at radius 1 is 1.06 bits per heavy atom. The van der Waals surface area contributed by atoms with E-state index in [9.17, 15) is 4.39 Å². The largest absolute Gasteiger partial charge is 0.489 e. The Kier molecular flexibility index (Phi) is 4.10. The van der Waals surface area contributed by atoms with Crippen LogP contribution in [0.15, 0.2) is 36.4 Å². The fraction of sp³-hybridized carbons (Fsp3) is 0.143. The molecular weight excluding hydrogens is 274 g/mol. The molecule has 0 aliphatic rings. The maximum Gasteiger partial charge on any atom is 0.126 e. The van der Waals surface area contributed by atoms with Crippen LogP contribution in [-0.2, 0) is 6.61 Å². The van der Waals surface area contributed by atoms with E-state index >= 15 is 0 Å². The first-order valence-electron chi connectivity index (χ1n) is 5.39. The summed E-state index contributed by atoms with van der Waals surface area (Å²) in [5.41, 5.74) is 1.47. The first kappa shape index (κ1) is 13.2. The SMILES string of the molecule is Cc1cc(OCc2ccc(Cl)c(Cl)c2)ccc1F. The summed E-state index contributed by atoms with van der Waals surface area (Å²) in [7, 11) is 0. The maximum atomic E-state index is 13.1. The van der Waals surface area contributed by atoms with Gasteiger partial charge < -0.3 is 4.74 Å². The Labute approximate surface area is 115 Å². The number of halogens is 3. The van der Waals surface area contributed by atoms with Crippen molar-refractivity contribution >= 4 is 23.2 Å². The van der Waals surface area contributed by atoms with Gasteiger partial charge in [0.2, 0.25) is 0 Å². The first-order valence-corrected chi connectivity index (χ1v) is 6.15. The van der Waals surface area contributed by atoms with Gasteiger partial charge in [-0.1, -0.05) is 29.3 Å². The lowest BCUT2D eigenvalue weighted by Crippen LogP contribution is -1.96. The molecule has 0 saturated heterocycles.